The molecular formula is C19H17F3N4S. The highest BCUT2D eigenvalue weighted by Gasteiger charge is 2.48. The third-order valence-electron chi connectivity index (χ3n) is 4.84. The molecule has 1 fully saturated rings. The van der Waals surface area contributed by atoms with Crippen LogP contribution in [-0.2, 0) is 5.41 Å². The molecule has 1 aliphatic carbocycles. The fraction of sp³-hybridized carbons (Fsp3) is 0.316. The van der Waals surface area contributed by atoms with Gasteiger partial charge in [-0.25, -0.2) is 13.2 Å². The van der Waals surface area contributed by atoms with Gasteiger partial charge in [-0.2, -0.15) is 0 Å². The summed E-state index contributed by atoms with van der Waals surface area (Å²) in [5.41, 5.74) is 0.856. The van der Waals surface area contributed by atoms with E-state index in [2.05, 4.69) is 20.5 Å². The summed E-state index contributed by atoms with van der Waals surface area (Å²) in [7, 11) is 0. The van der Waals surface area contributed by atoms with Gasteiger partial charge in [-0.1, -0.05) is 23.0 Å². The van der Waals surface area contributed by atoms with Crippen molar-refractivity contribution in [2.75, 3.05) is 11.9 Å². The molecule has 140 valence electrons. The number of nitrogens with one attached hydrogen (secondary N) is 1. The Bertz CT molecular complexity index is 969. The van der Waals surface area contributed by atoms with Crippen molar-refractivity contribution >= 4 is 16.5 Å². The van der Waals surface area contributed by atoms with Crippen molar-refractivity contribution in [2.24, 2.45) is 0 Å². The molecule has 1 N–H and O–H groups in total. The fourth-order valence-corrected chi connectivity index (χ4v) is 4.19. The van der Waals surface area contributed by atoms with Gasteiger partial charge in [0.25, 0.3) is 0 Å². The normalized spacial score (nSPS) is 21.7. The molecule has 0 unspecified atom stereocenters. The van der Waals surface area contributed by atoms with Gasteiger partial charge < -0.3 is 5.32 Å². The molecule has 0 atom stereocenters. The number of anilines is 1. The van der Waals surface area contributed by atoms with Gasteiger partial charge >= 0.3 is 0 Å². The van der Waals surface area contributed by atoms with Crippen LogP contribution in [0, 0.1) is 18.6 Å². The molecule has 3 aromatic rings. The van der Waals surface area contributed by atoms with Gasteiger partial charge in [-0.05, 0) is 44.0 Å². The van der Waals surface area contributed by atoms with Crippen molar-refractivity contribution in [3.63, 3.8) is 0 Å². The number of benzene rings is 1. The Hall–Kier alpha value is -2.48. The van der Waals surface area contributed by atoms with E-state index in [-0.39, 0.29) is 30.9 Å². The van der Waals surface area contributed by atoms with Crippen LogP contribution < -0.4 is 5.32 Å². The minimum absolute atomic E-state index is 0.200. The van der Waals surface area contributed by atoms with Crippen molar-refractivity contribution in [3.05, 3.63) is 59.4 Å². The Morgan fingerprint density at radius 1 is 1.19 bits per heavy atom. The van der Waals surface area contributed by atoms with Crippen LogP contribution in [0.2, 0.25) is 0 Å². The van der Waals surface area contributed by atoms with Gasteiger partial charge in [-0.3, -0.25) is 4.98 Å². The van der Waals surface area contributed by atoms with E-state index in [1.54, 1.807) is 12.1 Å². The van der Waals surface area contributed by atoms with Crippen LogP contribution in [0.3, 0.4) is 0 Å². The molecule has 0 spiro atoms. The zero-order valence-electron chi connectivity index (χ0n) is 14.5. The number of hydrogen-bond donors (Lipinski definition) is 1. The van der Waals surface area contributed by atoms with Crippen LogP contribution in [0.1, 0.15) is 24.1 Å². The molecule has 0 amide bonds. The SMILES string of the molecule is Cc1ccc(F)c(-c2nnc(NCC3(c4ncccc4F)CC(F)C3)s2)c1. The lowest BCUT2D eigenvalue weighted by Crippen LogP contribution is -2.48. The molecule has 8 heteroatoms. The number of halogens is 3. The van der Waals surface area contributed by atoms with Gasteiger partial charge in [0.05, 0.1) is 5.69 Å². The quantitative estimate of drug-likeness (QED) is 0.688. The molecule has 27 heavy (non-hydrogen) atoms. The van der Waals surface area contributed by atoms with Crippen molar-refractivity contribution in [1.29, 1.82) is 0 Å². The lowest BCUT2D eigenvalue weighted by atomic mass is 9.65. The van der Waals surface area contributed by atoms with E-state index >= 15 is 0 Å². The van der Waals surface area contributed by atoms with Crippen LogP contribution in [0.25, 0.3) is 10.6 Å². The number of hydrogen-bond acceptors (Lipinski definition) is 5. The average molecular weight is 390 g/mol. The number of nitrogens with zero attached hydrogens (tertiary/aromatic N) is 3. The van der Waals surface area contributed by atoms with E-state index in [0.29, 0.717) is 15.7 Å². The number of rotatable bonds is 5. The van der Waals surface area contributed by atoms with Gasteiger partial charge in [-0.15, -0.1) is 10.2 Å². The van der Waals surface area contributed by atoms with E-state index < -0.39 is 17.4 Å². The maximum atomic E-state index is 14.2. The van der Waals surface area contributed by atoms with Gasteiger partial charge in [0.2, 0.25) is 5.13 Å². The minimum Gasteiger partial charge on any atom is -0.359 e. The summed E-state index contributed by atoms with van der Waals surface area (Å²) in [5.74, 6) is -0.805. The predicted octanol–water partition coefficient (Wildman–Crippen LogP) is 4.67. The molecule has 2 heterocycles. The van der Waals surface area contributed by atoms with E-state index in [1.807, 2.05) is 6.92 Å². The second-order valence-electron chi connectivity index (χ2n) is 6.87. The first kappa shape index (κ1) is 17.9. The van der Waals surface area contributed by atoms with E-state index in [9.17, 15) is 13.2 Å². The largest absolute Gasteiger partial charge is 0.359 e. The zero-order valence-corrected chi connectivity index (χ0v) is 15.4. The Kier molecular flexibility index (Phi) is 4.59. The average Bonchev–Trinajstić information content (AvgIpc) is 3.09. The highest BCUT2D eigenvalue weighted by molar-refractivity contribution is 7.18. The van der Waals surface area contributed by atoms with Crippen LogP contribution >= 0.6 is 11.3 Å². The standard InChI is InChI=1S/C19H17F3N4S/c1-11-4-5-14(21)13(7-11)17-25-26-18(27-17)24-10-19(8-12(20)9-19)16-15(22)3-2-6-23-16/h2-7,12H,8-10H2,1H3,(H,24,26). The van der Waals surface area contributed by atoms with Gasteiger partial charge in [0.1, 0.15) is 17.8 Å². The third kappa shape index (κ3) is 3.41. The molecule has 2 aromatic heterocycles. The summed E-state index contributed by atoms with van der Waals surface area (Å²) in [6.45, 7) is 2.16. The molecule has 0 bridgehead atoms. The highest BCUT2D eigenvalue weighted by Crippen LogP contribution is 2.45. The summed E-state index contributed by atoms with van der Waals surface area (Å²) < 4.78 is 41.8. The van der Waals surface area contributed by atoms with Crippen LogP contribution in [0.5, 0.6) is 0 Å². The van der Waals surface area contributed by atoms with Crippen LogP contribution in [-0.4, -0.2) is 27.9 Å². The maximum absolute atomic E-state index is 14.2. The second kappa shape index (κ2) is 6.92. The third-order valence-corrected chi connectivity index (χ3v) is 5.75. The van der Waals surface area contributed by atoms with Crippen molar-refractivity contribution < 1.29 is 13.2 Å². The van der Waals surface area contributed by atoms with Crippen molar-refractivity contribution in [1.82, 2.24) is 15.2 Å². The number of alkyl halides is 1. The molecule has 1 saturated carbocycles. The lowest BCUT2D eigenvalue weighted by molar-refractivity contribution is 0.0965. The van der Waals surface area contributed by atoms with Crippen molar-refractivity contribution in [2.45, 2.75) is 31.4 Å². The predicted molar refractivity (Wildman–Crippen MR) is 98.5 cm³/mol. The van der Waals surface area contributed by atoms with Crippen LogP contribution in [0.15, 0.2) is 36.5 Å². The Morgan fingerprint density at radius 3 is 2.74 bits per heavy atom. The first-order chi connectivity index (χ1) is 13.0. The molecule has 0 saturated heterocycles. The summed E-state index contributed by atoms with van der Waals surface area (Å²) in [6.07, 6.45) is 0.938. The van der Waals surface area contributed by atoms with Crippen LogP contribution in [0.4, 0.5) is 18.3 Å². The van der Waals surface area contributed by atoms with E-state index in [0.717, 1.165) is 5.56 Å². The Labute approximate surface area is 158 Å². The molecule has 4 rings (SSSR count). The first-order valence-corrected chi connectivity index (χ1v) is 9.37. The molecule has 0 aliphatic heterocycles. The Morgan fingerprint density at radius 2 is 2.00 bits per heavy atom. The molecular weight excluding hydrogens is 373 g/mol. The van der Waals surface area contributed by atoms with Gasteiger partial charge in [0, 0.05) is 23.7 Å². The Balaban J connectivity index is 1.54. The molecule has 1 aliphatic rings. The maximum Gasteiger partial charge on any atom is 0.206 e. The number of aromatic nitrogens is 3. The van der Waals surface area contributed by atoms with E-state index in [1.165, 1.54) is 35.7 Å². The summed E-state index contributed by atoms with van der Waals surface area (Å²) in [5, 5.41) is 12.1. The summed E-state index contributed by atoms with van der Waals surface area (Å²) in [4.78, 5) is 4.13. The highest BCUT2D eigenvalue weighted by atomic mass is 32.1. The zero-order chi connectivity index (χ0) is 19.0. The topological polar surface area (TPSA) is 50.7 Å². The molecule has 1 aromatic carbocycles. The van der Waals surface area contributed by atoms with E-state index in [4.69, 9.17) is 0 Å². The molecule has 4 nitrogen and oxygen atoms in total. The minimum atomic E-state index is -0.973. The monoisotopic (exact) mass is 390 g/mol. The lowest BCUT2D eigenvalue weighted by Gasteiger charge is -2.43. The smallest absolute Gasteiger partial charge is 0.206 e. The summed E-state index contributed by atoms with van der Waals surface area (Å²) in [6, 6.07) is 7.64. The first-order valence-electron chi connectivity index (χ1n) is 8.56. The fourth-order valence-electron chi connectivity index (χ4n) is 3.44. The summed E-state index contributed by atoms with van der Waals surface area (Å²) >= 11 is 1.20. The van der Waals surface area contributed by atoms with Crippen molar-refractivity contribution in [3.8, 4) is 10.6 Å². The van der Waals surface area contributed by atoms with Gasteiger partial charge in [0.15, 0.2) is 5.01 Å². The number of pyridine rings is 1. The molecule has 0 radical (unpaired) electrons. The second-order valence-corrected chi connectivity index (χ2v) is 7.85. The number of aryl methyl sites for hydroxylation is 1.